The van der Waals surface area contributed by atoms with Crippen LogP contribution in [-0.4, -0.2) is 36.3 Å². The second-order valence-electron chi connectivity index (χ2n) is 6.31. The molecule has 3 aromatic rings. The number of pyridine rings is 1. The molecule has 0 aliphatic rings. The first-order valence-corrected chi connectivity index (χ1v) is 9.90. The predicted octanol–water partition coefficient (Wildman–Crippen LogP) is 1.65. The van der Waals surface area contributed by atoms with Crippen LogP contribution in [0.4, 0.5) is 0 Å². The fourth-order valence-corrected chi connectivity index (χ4v) is 3.79. The van der Waals surface area contributed by atoms with Gasteiger partial charge in [-0.05, 0) is 37.6 Å². The third-order valence-electron chi connectivity index (χ3n) is 4.17. The first-order chi connectivity index (χ1) is 12.4. The lowest BCUT2D eigenvalue weighted by atomic mass is 10.2. The largest absolute Gasteiger partial charge is 0.311 e. The number of rotatable bonds is 7. The van der Waals surface area contributed by atoms with Crippen LogP contribution in [0.2, 0.25) is 0 Å². The summed E-state index contributed by atoms with van der Waals surface area (Å²) in [6.07, 6.45) is 1.81. The summed E-state index contributed by atoms with van der Waals surface area (Å²) >= 11 is 0. The topological polar surface area (TPSA) is 88.9 Å². The number of aryl methyl sites for hydroxylation is 3. The summed E-state index contributed by atoms with van der Waals surface area (Å²) in [6, 6.07) is 8.87. The minimum atomic E-state index is -3.47. The summed E-state index contributed by atoms with van der Waals surface area (Å²) in [7, 11) is -1.59. The maximum Gasteiger partial charge on any atom is 0.240 e. The lowest BCUT2D eigenvalue weighted by Gasteiger charge is -2.08. The maximum absolute atomic E-state index is 12.2. The van der Waals surface area contributed by atoms with Gasteiger partial charge in [-0.3, -0.25) is 4.68 Å². The van der Waals surface area contributed by atoms with E-state index in [4.69, 9.17) is 0 Å². The predicted molar refractivity (Wildman–Crippen MR) is 101 cm³/mol. The minimum absolute atomic E-state index is 0.282. The van der Waals surface area contributed by atoms with Crippen molar-refractivity contribution in [2.45, 2.75) is 25.3 Å². The molecular formula is C18H23N5O2S. The summed E-state index contributed by atoms with van der Waals surface area (Å²) < 4.78 is 28.8. The van der Waals surface area contributed by atoms with Crippen LogP contribution in [0, 0.1) is 13.8 Å². The molecule has 0 atom stereocenters. The van der Waals surface area contributed by atoms with Crippen LogP contribution >= 0.6 is 0 Å². The summed E-state index contributed by atoms with van der Waals surface area (Å²) in [5.74, 6) is 0. The van der Waals surface area contributed by atoms with Crippen LogP contribution < -0.4 is 10.0 Å². The summed E-state index contributed by atoms with van der Waals surface area (Å²) in [4.78, 5) is 4.72. The van der Waals surface area contributed by atoms with E-state index in [0.29, 0.717) is 19.6 Å². The zero-order valence-electron chi connectivity index (χ0n) is 15.2. The summed E-state index contributed by atoms with van der Waals surface area (Å²) in [6.45, 7) is 5.34. The van der Waals surface area contributed by atoms with Gasteiger partial charge in [-0.2, -0.15) is 5.10 Å². The van der Waals surface area contributed by atoms with E-state index < -0.39 is 10.0 Å². The van der Waals surface area contributed by atoms with E-state index in [-0.39, 0.29) is 4.90 Å². The monoisotopic (exact) mass is 373 g/mol. The van der Waals surface area contributed by atoms with Crippen molar-refractivity contribution in [2.24, 2.45) is 7.05 Å². The Kier molecular flexibility index (Phi) is 5.36. The van der Waals surface area contributed by atoms with Gasteiger partial charge in [-0.15, -0.1) is 0 Å². The van der Waals surface area contributed by atoms with Gasteiger partial charge in [-0.1, -0.05) is 17.7 Å². The van der Waals surface area contributed by atoms with Gasteiger partial charge in [0.05, 0.1) is 10.6 Å². The van der Waals surface area contributed by atoms with Gasteiger partial charge in [0.15, 0.2) is 5.65 Å². The molecule has 2 N–H and O–H groups in total. The fourth-order valence-electron chi connectivity index (χ4n) is 2.76. The van der Waals surface area contributed by atoms with Crippen LogP contribution in [0.5, 0.6) is 0 Å². The molecule has 7 nitrogen and oxygen atoms in total. The standard InChI is InChI=1S/C18H23N5O2S/c1-13-4-6-16(7-5-13)26(24,25)21-9-8-19-11-15-10-17-14(2)22-23(3)18(17)20-12-15/h4-7,10,12,19,21H,8-9,11H2,1-3H3. The molecule has 0 saturated heterocycles. The van der Waals surface area contributed by atoms with E-state index in [1.165, 1.54) is 0 Å². The van der Waals surface area contributed by atoms with Crippen LogP contribution in [-0.2, 0) is 23.6 Å². The first kappa shape index (κ1) is 18.5. The number of nitrogens with one attached hydrogen (secondary N) is 2. The van der Waals surface area contributed by atoms with Gasteiger partial charge in [0.2, 0.25) is 10.0 Å². The van der Waals surface area contributed by atoms with E-state index in [1.54, 1.807) is 28.9 Å². The molecule has 2 aromatic heterocycles. The van der Waals surface area contributed by atoms with E-state index in [9.17, 15) is 8.42 Å². The molecule has 3 rings (SSSR count). The Morgan fingerprint density at radius 2 is 1.85 bits per heavy atom. The Bertz CT molecular complexity index is 1010. The molecule has 8 heteroatoms. The van der Waals surface area contributed by atoms with Crippen LogP contribution in [0.15, 0.2) is 41.4 Å². The quantitative estimate of drug-likeness (QED) is 0.615. The van der Waals surface area contributed by atoms with E-state index >= 15 is 0 Å². The number of benzene rings is 1. The second kappa shape index (κ2) is 7.53. The summed E-state index contributed by atoms with van der Waals surface area (Å²) in [5.41, 5.74) is 3.87. The third kappa shape index (κ3) is 4.09. The Balaban J connectivity index is 1.51. The highest BCUT2D eigenvalue weighted by Crippen LogP contribution is 2.16. The lowest BCUT2D eigenvalue weighted by Crippen LogP contribution is -2.31. The van der Waals surface area contributed by atoms with Crippen molar-refractivity contribution in [1.82, 2.24) is 24.8 Å². The highest BCUT2D eigenvalue weighted by Gasteiger charge is 2.12. The van der Waals surface area contributed by atoms with Crippen molar-refractivity contribution in [3.05, 3.63) is 53.3 Å². The highest BCUT2D eigenvalue weighted by atomic mass is 32.2. The van der Waals surface area contributed by atoms with Gasteiger partial charge in [0.25, 0.3) is 0 Å². The van der Waals surface area contributed by atoms with Crippen LogP contribution in [0.1, 0.15) is 16.8 Å². The molecule has 0 aliphatic carbocycles. The molecule has 0 fully saturated rings. The van der Waals surface area contributed by atoms with E-state index in [2.05, 4.69) is 26.2 Å². The van der Waals surface area contributed by atoms with Crippen molar-refractivity contribution in [2.75, 3.05) is 13.1 Å². The number of sulfonamides is 1. The molecule has 0 spiro atoms. The molecule has 0 saturated carbocycles. The zero-order chi connectivity index (χ0) is 18.7. The lowest BCUT2D eigenvalue weighted by molar-refractivity contribution is 0.576. The molecular weight excluding hydrogens is 350 g/mol. The van der Waals surface area contributed by atoms with E-state index in [0.717, 1.165) is 27.9 Å². The average Bonchev–Trinajstić information content (AvgIpc) is 2.89. The average molecular weight is 373 g/mol. The van der Waals surface area contributed by atoms with Gasteiger partial charge in [0, 0.05) is 38.3 Å². The Hall–Kier alpha value is -2.29. The summed E-state index contributed by atoms with van der Waals surface area (Å²) in [5, 5.41) is 8.63. The van der Waals surface area contributed by atoms with Crippen molar-refractivity contribution >= 4 is 21.1 Å². The van der Waals surface area contributed by atoms with E-state index in [1.807, 2.05) is 27.1 Å². The SMILES string of the molecule is Cc1ccc(S(=O)(=O)NCCNCc2cnc3c(c2)c(C)nn3C)cc1. The number of aromatic nitrogens is 3. The molecule has 0 aliphatic heterocycles. The Labute approximate surface area is 153 Å². The number of nitrogens with zero attached hydrogens (tertiary/aromatic N) is 3. The molecule has 0 amide bonds. The van der Waals surface area contributed by atoms with Gasteiger partial charge in [0.1, 0.15) is 0 Å². The molecule has 0 unspecified atom stereocenters. The maximum atomic E-state index is 12.2. The van der Waals surface area contributed by atoms with Gasteiger partial charge in [-0.25, -0.2) is 18.1 Å². The molecule has 2 heterocycles. The normalized spacial score (nSPS) is 12.0. The second-order valence-corrected chi connectivity index (χ2v) is 8.08. The Morgan fingerprint density at radius 3 is 2.58 bits per heavy atom. The number of fused-ring (bicyclic) bond motifs is 1. The molecule has 138 valence electrons. The molecule has 0 bridgehead atoms. The molecule has 1 aromatic carbocycles. The van der Waals surface area contributed by atoms with Crippen LogP contribution in [0.25, 0.3) is 11.0 Å². The highest BCUT2D eigenvalue weighted by molar-refractivity contribution is 7.89. The first-order valence-electron chi connectivity index (χ1n) is 8.42. The smallest absolute Gasteiger partial charge is 0.240 e. The van der Waals surface area contributed by atoms with Crippen molar-refractivity contribution < 1.29 is 8.42 Å². The van der Waals surface area contributed by atoms with Gasteiger partial charge >= 0.3 is 0 Å². The van der Waals surface area contributed by atoms with Crippen LogP contribution in [0.3, 0.4) is 0 Å². The Morgan fingerprint density at radius 1 is 1.12 bits per heavy atom. The van der Waals surface area contributed by atoms with Crippen molar-refractivity contribution in [3.63, 3.8) is 0 Å². The fraction of sp³-hybridized carbons (Fsp3) is 0.333. The molecule has 26 heavy (non-hydrogen) atoms. The van der Waals surface area contributed by atoms with Crippen molar-refractivity contribution in [1.29, 1.82) is 0 Å². The van der Waals surface area contributed by atoms with Gasteiger partial charge < -0.3 is 5.32 Å². The zero-order valence-corrected chi connectivity index (χ0v) is 16.0. The third-order valence-corrected chi connectivity index (χ3v) is 5.65. The minimum Gasteiger partial charge on any atom is -0.311 e. The van der Waals surface area contributed by atoms with Crippen molar-refractivity contribution in [3.8, 4) is 0 Å². The number of hydrogen-bond donors (Lipinski definition) is 2. The molecule has 0 radical (unpaired) electrons. The number of hydrogen-bond acceptors (Lipinski definition) is 5.